The number of hydrogen-bond donors (Lipinski definition) is 1. The minimum Gasteiger partial charge on any atom is -0.466 e. The highest BCUT2D eigenvalue weighted by Gasteiger charge is 2.23. The summed E-state index contributed by atoms with van der Waals surface area (Å²) in [6, 6.07) is 3.95. The Morgan fingerprint density at radius 1 is 1.50 bits per heavy atom. The molecular weight excluding hydrogens is 228 g/mol. The van der Waals surface area contributed by atoms with Gasteiger partial charge in [0.2, 0.25) is 5.91 Å². The molecule has 4 nitrogen and oxygen atoms in total. The quantitative estimate of drug-likeness (QED) is 0.885. The summed E-state index contributed by atoms with van der Waals surface area (Å²) >= 11 is 0. The van der Waals surface area contributed by atoms with Crippen molar-refractivity contribution in [1.29, 1.82) is 0 Å². The van der Waals surface area contributed by atoms with Crippen molar-refractivity contribution in [2.45, 2.75) is 38.6 Å². The highest BCUT2D eigenvalue weighted by atomic mass is 16.3. The van der Waals surface area contributed by atoms with E-state index in [-0.39, 0.29) is 11.9 Å². The van der Waals surface area contributed by atoms with Gasteiger partial charge in [-0.25, -0.2) is 0 Å². The Kier molecular flexibility index (Phi) is 4.42. The molecule has 1 aliphatic rings. The first-order chi connectivity index (χ1) is 8.66. The van der Waals surface area contributed by atoms with Crippen molar-refractivity contribution in [3.05, 3.63) is 23.7 Å². The maximum atomic E-state index is 12.2. The van der Waals surface area contributed by atoms with Crippen LogP contribution in [0.3, 0.4) is 0 Å². The predicted octanol–water partition coefficient (Wildman–Crippen LogP) is 1.73. The third-order valence-electron chi connectivity index (χ3n) is 3.47. The summed E-state index contributed by atoms with van der Waals surface area (Å²) in [7, 11) is 1.87. The van der Waals surface area contributed by atoms with Crippen molar-refractivity contribution < 1.29 is 9.21 Å². The lowest BCUT2D eigenvalue weighted by Crippen LogP contribution is -2.47. The zero-order valence-electron chi connectivity index (χ0n) is 11.2. The van der Waals surface area contributed by atoms with Gasteiger partial charge in [-0.3, -0.25) is 4.79 Å². The van der Waals surface area contributed by atoms with Crippen LogP contribution >= 0.6 is 0 Å². The van der Waals surface area contributed by atoms with Gasteiger partial charge in [0, 0.05) is 20.0 Å². The molecule has 0 aromatic carbocycles. The van der Waals surface area contributed by atoms with Crippen LogP contribution in [0.25, 0.3) is 0 Å². The van der Waals surface area contributed by atoms with Crippen molar-refractivity contribution in [1.82, 2.24) is 10.2 Å². The second kappa shape index (κ2) is 6.05. The molecule has 0 aliphatic carbocycles. The van der Waals surface area contributed by atoms with E-state index in [1.165, 1.54) is 6.42 Å². The van der Waals surface area contributed by atoms with E-state index in [0.29, 0.717) is 6.54 Å². The summed E-state index contributed by atoms with van der Waals surface area (Å²) in [5, 5.41) is 3.29. The fourth-order valence-electron chi connectivity index (χ4n) is 2.34. The number of aryl methyl sites for hydroxylation is 1. The molecule has 100 valence electrons. The molecule has 4 heteroatoms. The number of likely N-dealkylation sites (N-methyl/N-ethyl adjacent to an activating group) is 1. The first-order valence-electron chi connectivity index (χ1n) is 6.70. The molecule has 1 atom stereocenters. The van der Waals surface area contributed by atoms with Crippen molar-refractivity contribution in [3.63, 3.8) is 0 Å². The number of amides is 1. The van der Waals surface area contributed by atoms with Crippen molar-refractivity contribution in [3.8, 4) is 0 Å². The summed E-state index contributed by atoms with van der Waals surface area (Å²) in [6.45, 7) is 3.61. The van der Waals surface area contributed by atoms with E-state index in [4.69, 9.17) is 4.42 Å². The van der Waals surface area contributed by atoms with Crippen LogP contribution in [0, 0.1) is 6.92 Å². The van der Waals surface area contributed by atoms with E-state index in [0.717, 1.165) is 37.3 Å². The topological polar surface area (TPSA) is 45.5 Å². The maximum Gasteiger partial charge on any atom is 0.239 e. The highest BCUT2D eigenvalue weighted by Crippen LogP contribution is 2.11. The molecule has 18 heavy (non-hydrogen) atoms. The number of hydrogen-bond acceptors (Lipinski definition) is 3. The second-order valence-electron chi connectivity index (χ2n) is 5.02. The summed E-state index contributed by atoms with van der Waals surface area (Å²) in [6.07, 6.45) is 4.07. The first-order valence-corrected chi connectivity index (χ1v) is 6.70. The van der Waals surface area contributed by atoms with Gasteiger partial charge in [0.25, 0.3) is 0 Å². The molecule has 1 aromatic rings. The highest BCUT2D eigenvalue weighted by molar-refractivity contribution is 5.81. The van der Waals surface area contributed by atoms with E-state index < -0.39 is 0 Å². The Labute approximate surface area is 108 Å². The van der Waals surface area contributed by atoms with Crippen LogP contribution in [0.15, 0.2) is 16.5 Å². The van der Waals surface area contributed by atoms with Crippen LogP contribution in [0.1, 0.15) is 30.8 Å². The first kappa shape index (κ1) is 13.1. The molecule has 0 saturated carbocycles. The molecule has 2 rings (SSSR count). The maximum absolute atomic E-state index is 12.2. The van der Waals surface area contributed by atoms with Crippen LogP contribution in [0.2, 0.25) is 0 Å². The Morgan fingerprint density at radius 2 is 2.33 bits per heavy atom. The van der Waals surface area contributed by atoms with Crippen molar-refractivity contribution in [2.24, 2.45) is 0 Å². The molecule has 2 heterocycles. The standard InChI is InChI=1S/C14H22N2O2/c1-11-6-7-12(18-11)8-10-16(2)14(17)13-5-3-4-9-15-13/h6-7,13,15H,3-5,8-10H2,1-2H3. The molecule has 1 aliphatic heterocycles. The van der Waals surface area contributed by atoms with Gasteiger partial charge in [0.1, 0.15) is 11.5 Å². The number of carbonyl (C=O) groups excluding carboxylic acids is 1. The van der Waals surface area contributed by atoms with Gasteiger partial charge in [0.15, 0.2) is 0 Å². The number of piperidine rings is 1. The van der Waals surface area contributed by atoms with Gasteiger partial charge in [-0.15, -0.1) is 0 Å². The SMILES string of the molecule is Cc1ccc(CCN(C)C(=O)C2CCCCN2)o1. The van der Waals surface area contributed by atoms with E-state index in [9.17, 15) is 4.79 Å². The number of nitrogens with one attached hydrogen (secondary N) is 1. The Morgan fingerprint density at radius 3 is 2.94 bits per heavy atom. The number of rotatable bonds is 4. The molecule has 0 radical (unpaired) electrons. The third-order valence-corrected chi connectivity index (χ3v) is 3.47. The minimum atomic E-state index is 0.0158. The molecular formula is C14H22N2O2. The molecule has 0 spiro atoms. The van der Waals surface area contributed by atoms with Crippen molar-refractivity contribution >= 4 is 5.91 Å². The van der Waals surface area contributed by atoms with Crippen LogP contribution in [-0.4, -0.2) is 37.0 Å². The van der Waals surface area contributed by atoms with Crippen LogP contribution in [0.4, 0.5) is 0 Å². The van der Waals surface area contributed by atoms with Gasteiger partial charge in [-0.1, -0.05) is 6.42 Å². The molecule has 1 aromatic heterocycles. The Bertz CT molecular complexity index is 394. The summed E-state index contributed by atoms with van der Waals surface area (Å²) in [4.78, 5) is 14.0. The lowest BCUT2D eigenvalue weighted by Gasteiger charge is -2.27. The fourth-order valence-corrected chi connectivity index (χ4v) is 2.34. The average molecular weight is 250 g/mol. The number of nitrogens with zero attached hydrogens (tertiary/aromatic N) is 1. The molecule has 1 amide bonds. The molecule has 1 N–H and O–H groups in total. The van der Waals surface area contributed by atoms with Gasteiger partial charge >= 0.3 is 0 Å². The Hall–Kier alpha value is -1.29. The molecule has 0 bridgehead atoms. The fraction of sp³-hybridized carbons (Fsp3) is 0.643. The van der Waals surface area contributed by atoms with Gasteiger partial charge in [0.05, 0.1) is 6.04 Å². The number of furan rings is 1. The summed E-state index contributed by atoms with van der Waals surface area (Å²) in [5.41, 5.74) is 0. The monoisotopic (exact) mass is 250 g/mol. The summed E-state index contributed by atoms with van der Waals surface area (Å²) in [5.74, 6) is 2.08. The average Bonchev–Trinajstić information content (AvgIpc) is 2.82. The van der Waals surface area contributed by atoms with E-state index in [1.54, 1.807) is 4.90 Å². The van der Waals surface area contributed by atoms with Crippen LogP contribution in [0.5, 0.6) is 0 Å². The minimum absolute atomic E-state index is 0.0158. The van der Waals surface area contributed by atoms with Crippen LogP contribution < -0.4 is 5.32 Å². The van der Waals surface area contributed by atoms with Gasteiger partial charge in [-0.05, 0) is 38.4 Å². The predicted molar refractivity (Wildman–Crippen MR) is 70.4 cm³/mol. The molecule has 1 saturated heterocycles. The van der Waals surface area contributed by atoms with Gasteiger partial charge in [-0.2, -0.15) is 0 Å². The lowest BCUT2D eigenvalue weighted by molar-refractivity contribution is -0.132. The molecule has 1 unspecified atom stereocenters. The Balaban J connectivity index is 1.79. The van der Waals surface area contributed by atoms with E-state index >= 15 is 0 Å². The van der Waals surface area contributed by atoms with E-state index in [1.807, 2.05) is 26.1 Å². The van der Waals surface area contributed by atoms with E-state index in [2.05, 4.69) is 5.32 Å². The second-order valence-corrected chi connectivity index (χ2v) is 5.02. The largest absolute Gasteiger partial charge is 0.466 e. The zero-order chi connectivity index (χ0) is 13.0. The van der Waals surface area contributed by atoms with Gasteiger partial charge < -0.3 is 14.6 Å². The van der Waals surface area contributed by atoms with Crippen molar-refractivity contribution in [2.75, 3.05) is 20.1 Å². The normalized spacial score (nSPS) is 19.8. The van der Waals surface area contributed by atoms with Crippen LogP contribution in [-0.2, 0) is 11.2 Å². The smallest absolute Gasteiger partial charge is 0.239 e. The lowest BCUT2D eigenvalue weighted by atomic mass is 10.0. The summed E-state index contributed by atoms with van der Waals surface area (Å²) < 4.78 is 5.51. The molecule has 1 fully saturated rings. The third kappa shape index (κ3) is 3.35. The zero-order valence-corrected chi connectivity index (χ0v) is 11.2. The number of carbonyl (C=O) groups is 1.